The van der Waals surface area contributed by atoms with Gasteiger partial charge in [0.2, 0.25) is 0 Å². The molecule has 2 atom stereocenters. The molecule has 110 valence electrons. The highest BCUT2D eigenvalue weighted by Gasteiger charge is 2.16. The Balaban J connectivity index is 1.80. The van der Waals surface area contributed by atoms with Crippen molar-refractivity contribution < 1.29 is 9.52 Å². The van der Waals surface area contributed by atoms with Gasteiger partial charge < -0.3 is 9.52 Å². The number of rotatable bonds is 5. The summed E-state index contributed by atoms with van der Waals surface area (Å²) in [5.41, 5.74) is 2.52. The Morgan fingerprint density at radius 1 is 1.29 bits per heavy atom. The van der Waals surface area contributed by atoms with Crippen LogP contribution in [0, 0.1) is 0 Å². The van der Waals surface area contributed by atoms with Crippen LogP contribution in [0.5, 0.6) is 0 Å². The van der Waals surface area contributed by atoms with Crippen LogP contribution in [-0.2, 0) is 6.42 Å². The van der Waals surface area contributed by atoms with E-state index < -0.39 is 6.10 Å². The molecule has 4 heteroatoms. The van der Waals surface area contributed by atoms with Gasteiger partial charge in [0.05, 0.1) is 18.1 Å². The van der Waals surface area contributed by atoms with Crippen molar-refractivity contribution in [1.82, 2.24) is 9.78 Å². The van der Waals surface area contributed by atoms with Gasteiger partial charge >= 0.3 is 0 Å². The summed E-state index contributed by atoms with van der Waals surface area (Å²) >= 11 is 0. The molecule has 0 amide bonds. The summed E-state index contributed by atoms with van der Waals surface area (Å²) in [6.07, 6.45) is 4.54. The maximum atomic E-state index is 10.5. The number of hydrogen-bond donors (Lipinski definition) is 1. The molecule has 0 aliphatic heterocycles. The molecule has 0 radical (unpaired) electrons. The van der Waals surface area contributed by atoms with Crippen LogP contribution in [-0.4, -0.2) is 14.9 Å². The van der Waals surface area contributed by atoms with Crippen molar-refractivity contribution in [3.8, 4) is 0 Å². The Bertz CT molecular complexity index is 729. The average Bonchev–Trinajstić information content (AvgIpc) is 3.12. The molecule has 0 saturated heterocycles. The van der Waals surface area contributed by atoms with Crippen LogP contribution >= 0.6 is 0 Å². The van der Waals surface area contributed by atoms with Crippen molar-refractivity contribution in [1.29, 1.82) is 0 Å². The lowest BCUT2D eigenvalue weighted by atomic mass is 10.0. The Hall–Kier alpha value is -2.07. The van der Waals surface area contributed by atoms with Crippen molar-refractivity contribution in [2.24, 2.45) is 0 Å². The molecule has 0 saturated carbocycles. The molecule has 3 rings (SSSR count). The van der Waals surface area contributed by atoms with E-state index in [2.05, 4.69) is 18.9 Å². The molecule has 4 nitrogen and oxygen atoms in total. The first-order valence-corrected chi connectivity index (χ1v) is 7.37. The monoisotopic (exact) mass is 284 g/mol. The molecule has 0 fully saturated rings. The number of hydrogen-bond acceptors (Lipinski definition) is 3. The van der Waals surface area contributed by atoms with Crippen LogP contribution in [0.4, 0.5) is 0 Å². The third kappa shape index (κ3) is 2.72. The van der Waals surface area contributed by atoms with E-state index in [1.807, 2.05) is 41.2 Å². The smallest absolute Gasteiger partial charge is 0.134 e. The molecule has 2 aromatic heterocycles. The molecular formula is C17H20N2O2. The summed E-state index contributed by atoms with van der Waals surface area (Å²) in [6.45, 7) is 4.27. The van der Waals surface area contributed by atoms with Gasteiger partial charge in [-0.1, -0.05) is 25.1 Å². The van der Waals surface area contributed by atoms with Gasteiger partial charge in [0.15, 0.2) is 0 Å². The Labute approximate surface area is 124 Å². The van der Waals surface area contributed by atoms with Gasteiger partial charge in [-0.05, 0) is 25.5 Å². The van der Waals surface area contributed by atoms with Gasteiger partial charge in [0, 0.05) is 29.6 Å². The van der Waals surface area contributed by atoms with Crippen molar-refractivity contribution in [3.05, 3.63) is 54.0 Å². The normalized spacial score (nSPS) is 14.4. The molecule has 1 N–H and O–H groups in total. The molecule has 2 heterocycles. The average molecular weight is 284 g/mol. The zero-order chi connectivity index (χ0) is 14.8. The lowest BCUT2D eigenvalue weighted by molar-refractivity contribution is 0.177. The highest BCUT2D eigenvalue weighted by atomic mass is 16.3. The summed E-state index contributed by atoms with van der Waals surface area (Å²) in [5, 5.41) is 16.0. The van der Waals surface area contributed by atoms with Crippen molar-refractivity contribution in [2.75, 3.05) is 0 Å². The van der Waals surface area contributed by atoms with E-state index in [9.17, 15) is 5.11 Å². The minimum absolute atomic E-state index is 0.380. The number of para-hydroxylation sites is 1. The SMILES string of the molecule is CCC(C)n1ccc(CC(O)c2coc3ccccc23)n1. The molecule has 21 heavy (non-hydrogen) atoms. The van der Waals surface area contributed by atoms with Gasteiger partial charge in [-0.25, -0.2) is 0 Å². The lowest BCUT2D eigenvalue weighted by Crippen LogP contribution is -2.06. The van der Waals surface area contributed by atoms with Crippen LogP contribution in [0.25, 0.3) is 11.0 Å². The maximum absolute atomic E-state index is 10.5. The zero-order valence-corrected chi connectivity index (χ0v) is 12.4. The number of fused-ring (bicyclic) bond motifs is 1. The van der Waals surface area contributed by atoms with Gasteiger partial charge in [-0.15, -0.1) is 0 Å². The van der Waals surface area contributed by atoms with Crippen LogP contribution in [0.2, 0.25) is 0 Å². The minimum atomic E-state index is -0.603. The molecule has 0 aliphatic rings. The maximum Gasteiger partial charge on any atom is 0.134 e. The fraction of sp³-hybridized carbons (Fsp3) is 0.353. The largest absolute Gasteiger partial charge is 0.464 e. The van der Waals surface area contributed by atoms with E-state index in [1.54, 1.807) is 6.26 Å². The summed E-state index contributed by atoms with van der Waals surface area (Å²) < 4.78 is 7.44. The number of nitrogens with zero attached hydrogens (tertiary/aromatic N) is 2. The third-order valence-corrected chi connectivity index (χ3v) is 3.98. The number of aliphatic hydroxyl groups is 1. The standard InChI is InChI=1S/C17H20N2O2/c1-3-12(2)19-9-8-13(18-19)10-16(20)15-11-21-17-7-5-4-6-14(15)17/h4-9,11-12,16,20H,3,10H2,1-2H3. The predicted octanol–water partition coefficient (Wildman–Crippen LogP) is 3.88. The number of aliphatic hydroxyl groups excluding tert-OH is 1. The molecular weight excluding hydrogens is 264 g/mol. The molecule has 1 aromatic carbocycles. The van der Waals surface area contributed by atoms with Crippen molar-refractivity contribution in [3.63, 3.8) is 0 Å². The van der Waals surface area contributed by atoms with E-state index in [0.717, 1.165) is 28.6 Å². The molecule has 3 aromatic rings. The second-order valence-corrected chi connectivity index (χ2v) is 5.45. The highest BCUT2D eigenvalue weighted by molar-refractivity contribution is 5.81. The second-order valence-electron chi connectivity index (χ2n) is 5.45. The van der Waals surface area contributed by atoms with Crippen LogP contribution in [0.1, 0.15) is 43.7 Å². The van der Waals surface area contributed by atoms with E-state index in [4.69, 9.17) is 4.42 Å². The summed E-state index contributed by atoms with van der Waals surface area (Å²) in [7, 11) is 0. The topological polar surface area (TPSA) is 51.2 Å². The Kier molecular flexibility index (Phi) is 3.80. The number of furan rings is 1. The molecule has 0 spiro atoms. The van der Waals surface area contributed by atoms with Gasteiger partial charge in [-0.3, -0.25) is 4.68 Å². The third-order valence-electron chi connectivity index (χ3n) is 3.98. The lowest BCUT2D eigenvalue weighted by Gasteiger charge is -2.09. The van der Waals surface area contributed by atoms with E-state index in [-0.39, 0.29) is 0 Å². The quantitative estimate of drug-likeness (QED) is 0.773. The molecule has 2 unspecified atom stereocenters. The second kappa shape index (κ2) is 5.74. The highest BCUT2D eigenvalue weighted by Crippen LogP contribution is 2.28. The van der Waals surface area contributed by atoms with Crippen LogP contribution in [0.3, 0.4) is 0 Å². The fourth-order valence-electron chi connectivity index (χ4n) is 2.48. The van der Waals surface area contributed by atoms with E-state index >= 15 is 0 Å². The van der Waals surface area contributed by atoms with E-state index in [1.165, 1.54) is 0 Å². The predicted molar refractivity (Wildman–Crippen MR) is 82.1 cm³/mol. The Morgan fingerprint density at radius 2 is 2.10 bits per heavy atom. The minimum Gasteiger partial charge on any atom is -0.464 e. The number of aromatic nitrogens is 2. The van der Waals surface area contributed by atoms with Gasteiger partial charge in [-0.2, -0.15) is 5.10 Å². The summed E-state index contributed by atoms with van der Waals surface area (Å²) in [6, 6.07) is 10.1. The summed E-state index contributed by atoms with van der Waals surface area (Å²) in [5.74, 6) is 0. The van der Waals surface area contributed by atoms with Crippen LogP contribution in [0.15, 0.2) is 47.2 Å². The zero-order valence-electron chi connectivity index (χ0n) is 12.4. The van der Waals surface area contributed by atoms with Crippen LogP contribution < -0.4 is 0 Å². The van der Waals surface area contributed by atoms with Crippen molar-refractivity contribution in [2.45, 2.75) is 38.8 Å². The van der Waals surface area contributed by atoms with Gasteiger partial charge in [0.25, 0.3) is 0 Å². The number of benzene rings is 1. The molecule has 0 bridgehead atoms. The Morgan fingerprint density at radius 3 is 2.90 bits per heavy atom. The van der Waals surface area contributed by atoms with Gasteiger partial charge in [0.1, 0.15) is 5.58 Å². The van der Waals surface area contributed by atoms with E-state index in [0.29, 0.717) is 12.5 Å². The fourth-order valence-corrected chi connectivity index (χ4v) is 2.48. The first-order valence-electron chi connectivity index (χ1n) is 7.37. The molecule has 0 aliphatic carbocycles. The van der Waals surface area contributed by atoms with Crippen molar-refractivity contribution >= 4 is 11.0 Å². The first kappa shape index (κ1) is 13.9. The first-order chi connectivity index (χ1) is 10.2. The summed E-state index contributed by atoms with van der Waals surface area (Å²) in [4.78, 5) is 0.